The minimum absolute atomic E-state index is 0.195. The molecule has 0 aromatic heterocycles. The van der Waals surface area contributed by atoms with Crippen molar-refractivity contribution in [3.05, 3.63) is 28.8 Å². The molecular formula is C15H23Cl2NO2S. The standard InChI is InChI=1S/C15H23Cl2NO2S/c1-4-12(5-2)11-18(6-3)21(19,20)14-7-8-15(17)13(9-14)10-16/h7-9,12H,4-6,10-11H2,1-3H3. The fraction of sp³-hybridized carbons (Fsp3) is 0.600. The molecule has 1 aromatic rings. The molecule has 0 aliphatic carbocycles. The van der Waals surface area contributed by atoms with Crippen LogP contribution in [0.15, 0.2) is 23.1 Å². The zero-order valence-electron chi connectivity index (χ0n) is 12.8. The average Bonchev–Trinajstić information content (AvgIpc) is 2.48. The summed E-state index contributed by atoms with van der Waals surface area (Å²) in [6, 6.07) is 4.71. The molecule has 21 heavy (non-hydrogen) atoms. The maximum absolute atomic E-state index is 12.7. The van der Waals surface area contributed by atoms with Crippen LogP contribution in [0.2, 0.25) is 5.02 Å². The molecule has 6 heteroatoms. The fourth-order valence-electron chi connectivity index (χ4n) is 2.20. The van der Waals surface area contributed by atoms with Crippen molar-refractivity contribution < 1.29 is 8.42 Å². The molecule has 0 radical (unpaired) electrons. The molecule has 0 bridgehead atoms. The van der Waals surface area contributed by atoms with Gasteiger partial charge < -0.3 is 0 Å². The van der Waals surface area contributed by atoms with Crippen LogP contribution in [0.4, 0.5) is 0 Å². The highest BCUT2D eigenvalue weighted by Crippen LogP contribution is 2.25. The molecule has 0 aliphatic rings. The number of rotatable bonds is 8. The topological polar surface area (TPSA) is 37.4 Å². The lowest BCUT2D eigenvalue weighted by Crippen LogP contribution is -2.35. The van der Waals surface area contributed by atoms with E-state index in [-0.39, 0.29) is 10.8 Å². The molecule has 0 N–H and O–H groups in total. The minimum atomic E-state index is -3.50. The number of hydrogen-bond donors (Lipinski definition) is 0. The van der Waals surface area contributed by atoms with E-state index in [2.05, 4.69) is 13.8 Å². The highest BCUT2D eigenvalue weighted by atomic mass is 35.5. The zero-order chi connectivity index (χ0) is 16.0. The van der Waals surface area contributed by atoms with E-state index in [1.165, 1.54) is 4.31 Å². The Morgan fingerprint density at radius 3 is 2.29 bits per heavy atom. The van der Waals surface area contributed by atoms with Gasteiger partial charge in [0.1, 0.15) is 0 Å². The van der Waals surface area contributed by atoms with Crippen LogP contribution in [0.3, 0.4) is 0 Å². The summed E-state index contributed by atoms with van der Waals surface area (Å²) in [5.74, 6) is 0.570. The second kappa shape index (κ2) is 8.37. The van der Waals surface area contributed by atoms with Crippen LogP contribution in [-0.4, -0.2) is 25.8 Å². The largest absolute Gasteiger partial charge is 0.243 e. The van der Waals surface area contributed by atoms with E-state index in [0.717, 1.165) is 12.8 Å². The van der Waals surface area contributed by atoms with Crippen molar-refractivity contribution in [3.8, 4) is 0 Å². The molecule has 0 saturated heterocycles. The van der Waals surface area contributed by atoms with E-state index in [4.69, 9.17) is 23.2 Å². The Balaban J connectivity index is 3.12. The van der Waals surface area contributed by atoms with E-state index in [1.54, 1.807) is 18.2 Å². The molecule has 1 aromatic carbocycles. The summed E-state index contributed by atoms with van der Waals surface area (Å²) in [6.07, 6.45) is 1.94. The van der Waals surface area contributed by atoms with Crippen LogP contribution in [0.1, 0.15) is 39.2 Å². The Morgan fingerprint density at radius 2 is 1.81 bits per heavy atom. The maximum atomic E-state index is 12.7. The van der Waals surface area contributed by atoms with Crippen molar-refractivity contribution in [2.45, 2.75) is 44.4 Å². The van der Waals surface area contributed by atoms with Gasteiger partial charge in [0.25, 0.3) is 0 Å². The quantitative estimate of drug-likeness (QED) is 0.645. The number of sulfonamides is 1. The molecule has 0 unspecified atom stereocenters. The van der Waals surface area contributed by atoms with Gasteiger partial charge in [0, 0.05) is 24.0 Å². The summed E-state index contributed by atoms with van der Waals surface area (Å²) in [6.45, 7) is 7.03. The summed E-state index contributed by atoms with van der Waals surface area (Å²) in [7, 11) is -3.50. The summed E-state index contributed by atoms with van der Waals surface area (Å²) < 4.78 is 27.0. The first-order chi connectivity index (χ1) is 9.90. The van der Waals surface area contributed by atoms with Gasteiger partial charge in [0.05, 0.1) is 4.90 Å². The minimum Gasteiger partial charge on any atom is -0.207 e. The molecule has 120 valence electrons. The molecule has 0 heterocycles. The Kier molecular flexibility index (Phi) is 7.48. The third-order valence-electron chi connectivity index (χ3n) is 3.77. The van der Waals surface area contributed by atoms with Gasteiger partial charge >= 0.3 is 0 Å². The van der Waals surface area contributed by atoms with Crippen LogP contribution in [-0.2, 0) is 15.9 Å². The first-order valence-corrected chi connectivity index (χ1v) is 9.60. The Labute approximate surface area is 138 Å². The van der Waals surface area contributed by atoms with Gasteiger partial charge in [-0.25, -0.2) is 8.42 Å². The van der Waals surface area contributed by atoms with Crippen molar-refractivity contribution >= 4 is 33.2 Å². The van der Waals surface area contributed by atoms with E-state index in [0.29, 0.717) is 29.6 Å². The molecule has 0 saturated carbocycles. The van der Waals surface area contributed by atoms with E-state index in [9.17, 15) is 8.42 Å². The highest BCUT2D eigenvalue weighted by molar-refractivity contribution is 7.89. The van der Waals surface area contributed by atoms with Gasteiger partial charge in [-0.15, -0.1) is 11.6 Å². The Morgan fingerprint density at radius 1 is 1.19 bits per heavy atom. The maximum Gasteiger partial charge on any atom is 0.243 e. The summed E-state index contributed by atoms with van der Waals surface area (Å²) in [4.78, 5) is 0.260. The van der Waals surface area contributed by atoms with E-state index < -0.39 is 10.0 Å². The number of alkyl halides is 1. The third-order valence-corrected chi connectivity index (χ3v) is 6.36. The molecular weight excluding hydrogens is 329 g/mol. The van der Waals surface area contributed by atoms with Crippen LogP contribution in [0, 0.1) is 5.92 Å². The molecule has 0 spiro atoms. The van der Waals surface area contributed by atoms with E-state index in [1.807, 2.05) is 6.92 Å². The normalized spacial score (nSPS) is 12.3. The van der Waals surface area contributed by atoms with Crippen molar-refractivity contribution in [3.63, 3.8) is 0 Å². The molecule has 0 amide bonds. The SMILES string of the molecule is CCC(CC)CN(CC)S(=O)(=O)c1ccc(Cl)c(CCl)c1. The van der Waals surface area contributed by atoms with Crippen LogP contribution >= 0.6 is 23.2 Å². The lowest BCUT2D eigenvalue weighted by Gasteiger charge is -2.25. The lowest BCUT2D eigenvalue weighted by atomic mass is 10.0. The van der Waals surface area contributed by atoms with Crippen molar-refractivity contribution in [1.82, 2.24) is 4.31 Å². The van der Waals surface area contributed by atoms with Gasteiger partial charge in [-0.1, -0.05) is 45.2 Å². The van der Waals surface area contributed by atoms with Crippen molar-refractivity contribution in [1.29, 1.82) is 0 Å². The number of hydrogen-bond acceptors (Lipinski definition) is 2. The molecule has 0 aliphatic heterocycles. The number of benzene rings is 1. The van der Waals surface area contributed by atoms with Crippen molar-refractivity contribution in [2.24, 2.45) is 5.92 Å². The Bertz CT molecular complexity index is 557. The summed E-state index contributed by atoms with van der Waals surface area (Å²) >= 11 is 11.8. The van der Waals surface area contributed by atoms with Crippen LogP contribution in [0.25, 0.3) is 0 Å². The Hall–Kier alpha value is -0.290. The van der Waals surface area contributed by atoms with Gasteiger partial charge in [-0.2, -0.15) is 4.31 Å². The third kappa shape index (κ3) is 4.59. The second-order valence-electron chi connectivity index (χ2n) is 5.03. The number of halogens is 2. The molecule has 0 fully saturated rings. The van der Waals surface area contributed by atoms with Gasteiger partial charge in [0.2, 0.25) is 10.0 Å². The molecule has 3 nitrogen and oxygen atoms in total. The smallest absolute Gasteiger partial charge is 0.207 e. The van der Waals surface area contributed by atoms with Crippen LogP contribution < -0.4 is 0 Å². The lowest BCUT2D eigenvalue weighted by molar-refractivity contribution is 0.339. The predicted molar refractivity (Wildman–Crippen MR) is 89.5 cm³/mol. The van der Waals surface area contributed by atoms with Gasteiger partial charge in [0.15, 0.2) is 0 Å². The first kappa shape index (κ1) is 18.8. The van der Waals surface area contributed by atoms with Gasteiger partial charge in [-0.05, 0) is 29.7 Å². The highest BCUT2D eigenvalue weighted by Gasteiger charge is 2.25. The molecule has 1 rings (SSSR count). The zero-order valence-corrected chi connectivity index (χ0v) is 15.1. The first-order valence-electron chi connectivity index (χ1n) is 7.25. The van der Waals surface area contributed by atoms with Crippen LogP contribution in [0.5, 0.6) is 0 Å². The van der Waals surface area contributed by atoms with E-state index >= 15 is 0 Å². The average molecular weight is 352 g/mol. The predicted octanol–water partition coefficient (Wildman–Crippen LogP) is 4.53. The fourth-order valence-corrected chi connectivity index (χ4v) is 4.25. The number of nitrogens with zero attached hydrogens (tertiary/aromatic N) is 1. The van der Waals surface area contributed by atoms with Gasteiger partial charge in [-0.3, -0.25) is 0 Å². The summed E-state index contributed by atoms with van der Waals surface area (Å²) in [5.41, 5.74) is 0.637. The molecule has 0 atom stereocenters. The monoisotopic (exact) mass is 351 g/mol. The second-order valence-corrected chi connectivity index (χ2v) is 7.64. The van der Waals surface area contributed by atoms with Crippen molar-refractivity contribution in [2.75, 3.05) is 13.1 Å². The summed E-state index contributed by atoms with van der Waals surface area (Å²) in [5, 5.41) is 0.493.